The van der Waals surface area contributed by atoms with Crippen LogP contribution in [0.1, 0.15) is 49.8 Å². The number of halogens is 2. The number of hydrogen-bond donors (Lipinski definition) is 0. The van der Waals surface area contributed by atoms with Crippen molar-refractivity contribution >= 4 is 29.3 Å². The van der Waals surface area contributed by atoms with Crippen LogP contribution in [0.5, 0.6) is 0 Å². The normalized spacial score (nSPS) is 14.4. The van der Waals surface area contributed by atoms with Gasteiger partial charge in [-0.1, -0.05) is 92.5 Å². The molecular formula is C23H27Cl2N5. The largest absolute Gasteiger partial charge is 0.296 e. The predicted molar refractivity (Wildman–Crippen MR) is 124 cm³/mol. The molecule has 158 valence electrons. The van der Waals surface area contributed by atoms with E-state index < -0.39 is 0 Å². The van der Waals surface area contributed by atoms with Gasteiger partial charge >= 0.3 is 0 Å². The molecule has 1 aromatic heterocycles. The summed E-state index contributed by atoms with van der Waals surface area (Å²) >= 11 is 12.4. The van der Waals surface area contributed by atoms with Gasteiger partial charge in [-0.25, -0.2) is 4.68 Å². The molecule has 0 amide bonds. The van der Waals surface area contributed by atoms with Gasteiger partial charge in [-0.15, -0.1) is 5.10 Å². The molecule has 0 bridgehead atoms. The fourth-order valence-electron chi connectivity index (χ4n) is 3.46. The highest BCUT2D eigenvalue weighted by Crippen LogP contribution is 2.35. The van der Waals surface area contributed by atoms with Gasteiger partial charge in [0.2, 0.25) is 0 Å². The van der Waals surface area contributed by atoms with Crippen molar-refractivity contribution in [1.29, 1.82) is 0 Å². The topological polar surface area (TPSA) is 46.8 Å². The molecule has 30 heavy (non-hydrogen) atoms. The van der Waals surface area contributed by atoms with Crippen molar-refractivity contribution in [2.45, 2.75) is 32.9 Å². The van der Waals surface area contributed by atoms with Gasteiger partial charge in [-0.2, -0.15) is 0 Å². The van der Waals surface area contributed by atoms with Crippen LogP contribution < -0.4 is 0 Å². The van der Waals surface area contributed by atoms with Crippen LogP contribution in [-0.2, 0) is 0 Å². The van der Waals surface area contributed by atoms with Crippen molar-refractivity contribution in [2.75, 3.05) is 14.1 Å². The molecule has 2 atom stereocenters. The maximum atomic E-state index is 6.37. The molecule has 0 aliphatic carbocycles. The van der Waals surface area contributed by atoms with E-state index in [0.717, 1.165) is 17.0 Å². The Morgan fingerprint density at radius 1 is 1.03 bits per heavy atom. The number of allylic oxidation sites excluding steroid dienone is 1. The lowest BCUT2D eigenvalue weighted by Crippen LogP contribution is -2.30. The lowest BCUT2D eigenvalue weighted by molar-refractivity contribution is 0.245. The van der Waals surface area contributed by atoms with Crippen molar-refractivity contribution in [1.82, 2.24) is 25.1 Å². The molecule has 0 radical (unpaired) electrons. The Balaban J connectivity index is 2.05. The second-order valence-corrected chi connectivity index (χ2v) is 9.44. The number of rotatable bonds is 6. The monoisotopic (exact) mass is 443 g/mol. The molecule has 0 spiro atoms. The van der Waals surface area contributed by atoms with Crippen LogP contribution >= 0.6 is 23.2 Å². The molecule has 3 rings (SSSR count). The SMILES string of the molecule is CN(C)C(c1ccccc1)c1nnnn1C(/C=C/c1ccc(Cl)cc1Cl)C(C)(C)C. The molecule has 0 saturated carbocycles. The van der Waals surface area contributed by atoms with Crippen molar-refractivity contribution in [3.05, 3.63) is 81.6 Å². The van der Waals surface area contributed by atoms with E-state index in [1.54, 1.807) is 6.07 Å². The van der Waals surface area contributed by atoms with Gasteiger partial charge in [0.05, 0.1) is 12.1 Å². The highest BCUT2D eigenvalue weighted by molar-refractivity contribution is 6.35. The van der Waals surface area contributed by atoms with Gasteiger partial charge in [0.1, 0.15) is 0 Å². The summed E-state index contributed by atoms with van der Waals surface area (Å²) in [6.07, 6.45) is 4.11. The van der Waals surface area contributed by atoms with Crippen LogP contribution in [-0.4, -0.2) is 39.2 Å². The van der Waals surface area contributed by atoms with E-state index in [2.05, 4.69) is 59.4 Å². The number of benzene rings is 2. The van der Waals surface area contributed by atoms with Crippen LogP contribution in [0.25, 0.3) is 6.08 Å². The zero-order chi connectivity index (χ0) is 21.9. The van der Waals surface area contributed by atoms with Gasteiger partial charge in [-0.05, 0) is 53.2 Å². The summed E-state index contributed by atoms with van der Waals surface area (Å²) in [5.74, 6) is 0.790. The summed E-state index contributed by atoms with van der Waals surface area (Å²) in [7, 11) is 4.07. The molecule has 3 aromatic rings. The van der Waals surface area contributed by atoms with E-state index in [9.17, 15) is 0 Å². The van der Waals surface area contributed by atoms with Gasteiger partial charge in [0.25, 0.3) is 0 Å². The minimum atomic E-state index is -0.132. The van der Waals surface area contributed by atoms with Gasteiger partial charge in [0, 0.05) is 10.0 Å². The van der Waals surface area contributed by atoms with Crippen LogP contribution in [0.15, 0.2) is 54.6 Å². The lowest BCUT2D eigenvalue weighted by Gasteiger charge is -2.31. The summed E-state index contributed by atoms with van der Waals surface area (Å²) in [5.41, 5.74) is 1.90. The summed E-state index contributed by atoms with van der Waals surface area (Å²) in [5, 5.41) is 14.1. The summed E-state index contributed by atoms with van der Waals surface area (Å²) in [4.78, 5) is 2.12. The quantitative estimate of drug-likeness (QED) is 0.473. The lowest BCUT2D eigenvalue weighted by atomic mass is 9.86. The minimum absolute atomic E-state index is 0.0708. The first-order chi connectivity index (χ1) is 14.2. The third kappa shape index (κ3) is 5.09. The highest BCUT2D eigenvalue weighted by atomic mass is 35.5. The number of tetrazole rings is 1. The Labute approximate surface area is 188 Å². The molecule has 0 N–H and O–H groups in total. The van der Waals surface area contributed by atoms with Gasteiger partial charge in [-0.3, -0.25) is 4.90 Å². The standard InChI is InChI=1S/C23H27Cl2N5/c1-23(2,3)20(14-12-16-11-13-18(24)15-19(16)25)30-22(26-27-28-30)21(29(4)5)17-9-7-6-8-10-17/h6-15,20-21H,1-5H3/b14-12+. The summed E-state index contributed by atoms with van der Waals surface area (Å²) in [6.45, 7) is 6.51. The van der Waals surface area contributed by atoms with Crippen LogP contribution in [0.3, 0.4) is 0 Å². The highest BCUT2D eigenvalue weighted by Gasteiger charge is 2.31. The molecule has 7 heteroatoms. The van der Waals surface area contributed by atoms with Crippen molar-refractivity contribution in [2.24, 2.45) is 5.41 Å². The first-order valence-electron chi connectivity index (χ1n) is 9.81. The maximum absolute atomic E-state index is 6.37. The molecule has 1 heterocycles. The van der Waals surface area contributed by atoms with Crippen LogP contribution in [0.4, 0.5) is 0 Å². The zero-order valence-electron chi connectivity index (χ0n) is 17.9. The van der Waals surface area contributed by atoms with Gasteiger partial charge < -0.3 is 0 Å². The average molecular weight is 444 g/mol. The zero-order valence-corrected chi connectivity index (χ0v) is 19.4. The van der Waals surface area contributed by atoms with E-state index in [-0.39, 0.29) is 17.5 Å². The fraction of sp³-hybridized carbons (Fsp3) is 0.348. The van der Waals surface area contributed by atoms with E-state index >= 15 is 0 Å². The van der Waals surface area contributed by atoms with E-state index in [1.165, 1.54) is 0 Å². The third-order valence-electron chi connectivity index (χ3n) is 4.97. The van der Waals surface area contributed by atoms with E-state index in [0.29, 0.717) is 10.0 Å². The summed E-state index contributed by atoms with van der Waals surface area (Å²) in [6, 6.07) is 15.6. The number of hydrogen-bond acceptors (Lipinski definition) is 4. The van der Waals surface area contributed by atoms with E-state index in [1.807, 2.05) is 55.2 Å². The minimum Gasteiger partial charge on any atom is -0.296 e. The molecule has 5 nitrogen and oxygen atoms in total. The summed E-state index contributed by atoms with van der Waals surface area (Å²) < 4.78 is 1.91. The maximum Gasteiger partial charge on any atom is 0.173 e. The predicted octanol–water partition coefficient (Wildman–Crippen LogP) is 5.93. The second kappa shape index (κ2) is 9.29. The van der Waals surface area contributed by atoms with Crippen molar-refractivity contribution in [3.8, 4) is 0 Å². The first kappa shape index (κ1) is 22.5. The van der Waals surface area contributed by atoms with Crippen LogP contribution in [0, 0.1) is 5.41 Å². The van der Waals surface area contributed by atoms with E-state index in [4.69, 9.17) is 23.2 Å². The number of nitrogens with zero attached hydrogens (tertiary/aromatic N) is 5. The molecular weight excluding hydrogens is 417 g/mol. The smallest absolute Gasteiger partial charge is 0.173 e. The Bertz CT molecular complexity index is 1010. The Morgan fingerprint density at radius 2 is 1.73 bits per heavy atom. The second-order valence-electron chi connectivity index (χ2n) is 8.59. The van der Waals surface area contributed by atoms with Crippen molar-refractivity contribution in [3.63, 3.8) is 0 Å². The number of aromatic nitrogens is 4. The molecule has 0 aliphatic rings. The molecule has 0 saturated heterocycles. The molecule has 0 aliphatic heterocycles. The Kier molecular flexibility index (Phi) is 6.96. The Morgan fingerprint density at radius 3 is 2.33 bits per heavy atom. The molecule has 2 aromatic carbocycles. The van der Waals surface area contributed by atoms with Crippen LogP contribution in [0.2, 0.25) is 10.0 Å². The first-order valence-corrected chi connectivity index (χ1v) is 10.6. The Hall–Kier alpha value is -2.21. The van der Waals surface area contributed by atoms with Crippen molar-refractivity contribution < 1.29 is 0 Å². The fourth-order valence-corrected chi connectivity index (χ4v) is 3.93. The molecule has 0 fully saturated rings. The van der Waals surface area contributed by atoms with Gasteiger partial charge in [0.15, 0.2) is 5.82 Å². The average Bonchev–Trinajstić information content (AvgIpc) is 3.12. The molecule has 2 unspecified atom stereocenters. The third-order valence-corrected chi connectivity index (χ3v) is 5.53.